The van der Waals surface area contributed by atoms with Crippen molar-refractivity contribution in [1.29, 1.82) is 0 Å². The monoisotopic (exact) mass is 296 g/mol. The van der Waals surface area contributed by atoms with Gasteiger partial charge in [0.2, 0.25) is 0 Å². The summed E-state index contributed by atoms with van der Waals surface area (Å²) in [5.41, 5.74) is 0.732. The molecular formula is C19H17ClO. The third-order valence-corrected chi connectivity index (χ3v) is 3.92. The molecule has 1 atom stereocenters. The van der Waals surface area contributed by atoms with Gasteiger partial charge >= 0.3 is 0 Å². The number of rotatable bonds is 3. The minimum Gasteiger partial charge on any atom is -0.292 e. The van der Waals surface area contributed by atoms with Crippen LogP contribution in [0.3, 0.4) is 0 Å². The SMILES string of the molecule is CCC(C)(C#Cc1ccccc1Cl)C(=O)c1ccccc1. The molecule has 0 heterocycles. The molecule has 0 aromatic heterocycles. The van der Waals surface area contributed by atoms with E-state index in [0.717, 1.165) is 5.56 Å². The summed E-state index contributed by atoms with van der Waals surface area (Å²) in [6.07, 6.45) is 0.651. The van der Waals surface area contributed by atoms with E-state index < -0.39 is 5.41 Å². The van der Waals surface area contributed by atoms with Gasteiger partial charge in [-0.3, -0.25) is 4.79 Å². The average molecular weight is 297 g/mol. The van der Waals surface area contributed by atoms with E-state index in [1.165, 1.54) is 0 Å². The highest BCUT2D eigenvalue weighted by Crippen LogP contribution is 2.26. The number of benzene rings is 2. The zero-order valence-electron chi connectivity index (χ0n) is 12.2. The average Bonchev–Trinajstić information content (AvgIpc) is 2.54. The van der Waals surface area contributed by atoms with E-state index >= 15 is 0 Å². The maximum atomic E-state index is 12.7. The first-order valence-electron chi connectivity index (χ1n) is 6.94. The van der Waals surface area contributed by atoms with Crippen molar-refractivity contribution in [2.75, 3.05) is 0 Å². The van der Waals surface area contributed by atoms with Gasteiger partial charge in [-0.2, -0.15) is 0 Å². The zero-order chi connectivity index (χ0) is 15.3. The van der Waals surface area contributed by atoms with Gasteiger partial charge in [0.1, 0.15) is 0 Å². The molecule has 0 radical (unpaired) electrons. The molecule has 0 saturated carbocycles. The molecule has 2 heteroatoms. The van der Waals surface area contributed by atoms with Crippen LogP contribution in [-0.4, -0.2) is 5.78 Å². The molecule has 2 aromatic carbocycles. The Labute approximate surface area is 131 Å². The quantitative estimate of drug-likeness (QED) is 0.576. The topological polar surface area (TPSA) is 17.1 Å². The molecule has 21 heavy (non-hydrogen) atoms. The molecule has 0 fully saturated rings. The summed E-state index contributed by atoms with van der Waals surface area (Å²) in [5.74, 6) is 6.22. The molecule has 0 spiro atoms. The number of hydrogen-bond donors (Lipinski definition) is 0. The number of carbonyl (C=O) groups is 1. The van der Waals surface area contributed by atoms with Gasteiger partial charge in [0, 0.05) is 11.1 Å². The van der Waals surface area contributed by atoms with Crippen molar-refractivity contribution in [3.05, 3.63) is 70.7 Å². The molecule has 106 valence electrons. The van der Waals surface area contributed by atoms with Gasteiger partial charge in [0.25, 0.3) is 0 Å². The summed E-state index contributed by atoms with van der Waals surface area (Å²) in [5, 5.41) is 0.607. The number of hydrogen-bond acceptors (Lipinski definition) is 1. The minimum absolute atomic E-state index is 0.0464. The van der Waals surface area contributed by atoms with Crippen molar-refractivity contribution in [3.63, 3.8) is 0 Å². The molecule has 1 unspecified atom stereocenters. The van der Waals surface area contributed by atoms with Crippen LogP contribution in [0.1, 0.15) is 36.2 Å². The maximum Gasteiger partial charge on any atom is 0.180 e. The Morgan fingerprint density at radius 2 is 1.71 bits per heavy atom. The fourth-order valence-corrected chi connectivity index (χ4v) is 2.16. The summed E-state index contributed by atoms with van der Waals surface area (Å²) >= 11 is 6.11. The molecular weight excluding hydrogens is 280 g/mol. The third kappa shape index (κ3) is 3.54. The van der Waals surface area contributed by atoms with E-state index in [1.807, 2.05) is 62.4 Å². The van der Waals surface area contributed by atoms with Gasteiger partial charge in [-0.25, -0.2) is 0 Å². The smallest absolute Gasteiger partial charge is 0.180 e. The highest BCUT2D eigenvalue weighted by atomic mass is 35.5. The van der Waals surface area contributed by atoms with Crippen molar-refractivity contribution in [2.45, 2.75) is 20.3 Å². The maximum absolute atomic E-state index is 12.7. The molecule has 2 rings (SSSR count). The third-order valence-electron chi connectivity index (χ3n) is 3.59. The van der Waals surface area contributed by atoms with E-state index in [2.05, 4.69) is 11.8 Å². The normalized spacial score (nSPS) is 12.9. The second kappa shape index (κ2) is 6.61. The van der Waals surface area contributed by atoms with Crippen molar-refractivity contribution in [2.24, 2.45) is 5.41 Å². The predicted molar refractivity (Wildman–Crippen MR) is 87.5 cm³/mol. The Morgan fingerprint density at radius 3 is 2.33 bits per heavy atom. The summed E-state index contributed by atoms with van der Waals surface area (Å²) < 4.78 is 0. The highest BCUT2D eigenvalue weighted by Gasteiger charge is 2.29. The van der Waals surface area contributed by atoms with E-state index in [4.69, 9.17) is 11.6 Å². The Morgan fingerprint density at radius 1 is 1.10 bits per heavy atom. The van der Waals surface area contributed by atoms with Crippen LogP contribution in [0.2, 0.25) is 5.02 Å². The van der Waals surface area contributed by atoms with Gasteiger partial charge in [-0.1, -0.05) is 72.8 Å². The molecule has 0 aliphatic carbocycles. The number of ketones is 1. The zero-order valence-corrected chi connectivity index (χ0v) is 12.9. The summed E-state index contributed by atoms with van der Waals surface area (Å²) in [7, 11) is 0. The lowest BCUT2D eigenvalue weighted by Crippen LogP contribution is -2.25. The standard InChI is InChI=1S/C19H17ClO/c1-3-19(2,18(21)16-10-5-4-6-11-16)14-13-15-9-7-8-12-17(15)20/h4-12H,3H2,1-2H3. The molecule has 0 N–H and O–H groups in total. The lowest BCUT2D eigenvalue weighted by molar-refractivity contribution is 0.0874. The fourth-order valence-electron chi connectivity index (χ4n) is 1.98. The summed E-state index contributed by atoms with van der Waals surface area (Å²) in [4.78, 5) is 12.7. The summed E-state index contributed by atoms with van der Waals surface area (Å²) in [6, 6.07) is 16.7. The van der Waals surface area contributed by atoms with Crippen LogP contribution in [0.25, 0.3) is 0 Å². The highest BCUT2D eigenvalue weighted by molar-refractivity contribution is 6.31. The molecule has 0 amide bonds. The lowest BCUT2D eigenvalue weighted by Gasteiger charge is -2.20. The number of halogens is 1. The first kappa shape index (κ1) is 15.4. The van der Waals surface area contributed by atoms with Gasteiger partial charge < -0.3 is 0 Å². The first-order valence-corrected chi connectivity index (χ1v) is 7.32. The van der Waals surface area contributed by atoms with Crippen molar-refractivity contribution < 1.29 is 4.79 Å². The number of Topliss-reactive ketones (excluding diaryl/α,β-unsaturated/α-hetero) is 1. The molecule has 0 saturated heterocycles. The van der Waals surface area contributed by atoms with Gasteiger partial charge in [0.05, 0.1) is 10.4 Å². The minimum atomic E-state index is -0.708. The Hall–Kier alpha value is -2.04. The second-order valence-electron chi connectivity index (χ2n) is 5.11. The Balaban J connectivity index is 2.35. The second-order valence-corrected chi connectivity index (χ2v) is 5.52. The van der Waals surface area contributed by atoms with E-state index in [9.17, 15) is 4.79 Å². The molecule has 0 bridgehead atoms. The molecule has 2 aromatic rings. The van der Waals surface area contributed by atoms with Crippen LogP contribution in [0.5, 0.6) is 0 Å². The fraction of sp³-hybridized carbons (Fsp3) is 0.211. The van der Waals surface area contributed by atoms with Crippen LogP contribution < -0.4 is 0 Å². The van der Waals surface area contributed by atoms with Gasteiger partial charge in [-0.15, -0.1) is 0 Å². The first-order chi connectivity index (χ1) is 10.1. The molecule has 1 nitrogen and oxygen atoms in total. The molecule has 0 aliphatic heterocycles. The van der Waals surface area contributed by atoms with Crippen LogP contribution in [0.4, 0.5) is 0 Å². The van der Waals surface area contributed by atoms with Crippen LogP contribution in [0, 0.1) is 17.3 Å². The van der Waals surface area contributed by atoms with Crippen LogP contribution >= 0.6 is 11.6 Å². The largest absolute Gasteiger partial charge is 0.292 e. The van der Waals surface area contributed by atoms with E-state index in [1.54, 1.807) is 6.07 Å². The Kier molecular flexibility index (Phi) is 4.83. The van der Waals surface area contributed by atoms with Crippen LogP contribution in [-0.2, 0) is 0 Å². The number of carbonyl (C=O) groups excluding carboxylic acids is 1. The lowest BCUT2D eigenvalue weighted by atomic mass is 9.80. The Bertz CT molecular complexity index is 694. The molecule has 0 aliphatic rings. The van der Waals surface area contributed by atoms with Gasteiger partial charge in [0.15, 0.2) is 5.78 Å². The van der Waals surface area contributed by atoms with Crippen molar-refractivity contribution >= 4 is 17.4 Å². The van der Waals surface area contributed by atoms with E-state index in [0.29, 0.717) is 17.0 Å². The van der Waals surface area contributed by atoms with Gasteiger partial charge in [-0.05, 0) is 25.5 Å². The predicted octanol–water partition coefficient (Wildman–Crippen LogP) is 4.99. The van der Waals surface area contributed by atoms with Crippen LogP contribution in [0.15, 0.2) is 54.6 Å². The van der Waals surface area contributed by atoms with Crippen molar-refractivity contribution in [1.82, 2.24) is 0 Å². The summed E-state index contributed by atoms with van der Waals surface area (Å²) in [6.45, 7) is 3.86. The van der Waals surface area contributed by atoms with E-state index in [-0.39, 0.29) is 5.78 Å². The van der Waals surface area contributed by atoms with Crippen molar-refractivity contribution in [3.8, 4) is 11.8 Å².